The van der Waals surface area contributed by atoms with Gasteiger partial charge in [-0.1, -0.05) is 0 Å². The Balaban J connectivity index is 2.16. The van der Waals surface area contributed by atoms with Gasteiger partial charge in [-0.25, -0.2) is 0 Å². The highest BCUT2D eigenvalue weighted by Crippen LogP contribution is 2.24. The lowest BCUT2D eigenvalue weighted by atomic mass is 10.1. The molecule has 1 aliphatic rings. The van der Waals surface area contributed by atoms with Gasteiger partial charge in [-0.3, -0.25) is 10.1 Å². The topological polar surface area (TPSA) is 88.2 Å². The second-order valence-corrected chi connectivity index (χ2v) is 4.13. The van der Waals surface area contributed by atoms with E-state index in [4.69, 9.17) is 10.00 Å². The van der Waals surface area contributed by atoms with E-state index in [-0.39, 0.29) is 17.3 Å². The summed E-state index contributed by atoms with van der Waals surface area (Å²) in [7, 11) is 0. The van der Waals surface area contributed by atoms with Crippen molar-refractivity contribution < 1.29 is 9.66 Å². The van der Waals surface area contributed by atoms with E-state index in [1.807, 2.05) is 6.07 Å². The number of nitriles is 1. The molecule has 0 aliphatic carbocycles. The van der Waals surface area contributed by atoms with Crippen molar-refractivity contribution in [3.63, 3.8) is 0 Å². The van der Waals surface area contributed by atoms with Gasteiger partial charge in [0.25, 0.3) is 5.69 Å². The predicted molar refractivity (Wildman–Crippen MR) is 65.3 cm³/mol. The van der Waals surface area contributed by atoms with Crippen molar-refractivity contribution in [1.82, 2.24) is 0 Å². The zero-order chi connectivity index (χ0) is 13.0. The monoisotopic (exact) mass is 247 g/mol. The Labute approximate surface area is 104 Å². The van der Waals surface area contributed by atoms with E-state index in [1.165, 1.54) is 12.1 Å². The highest BCUT2D eigenvalue weighted by Gasteiger charge is 2.17. The molecule has 18 heavy (non-hydrogen) atoms. The molecular weight excluding hydrogens is 234 g/mol. The Morgan fingerprint density at radius 1 is 1.44 bits per heavy atom. The van der Waals surface area contributed by atoms with Gasteiger partial charge in [0, 0.05) is 31.0 Å². The predicted octanol–water partition coefficient (Wildman–Crippen LogP) is 2.06. The summed E-state index contributed by atoms with van der Waals surface area (Å²) in [5, 5.41) is 22.9. The number of nitrogens with zero attached hydrogens (tertiary/aromatic N) is 2. The molecule has 6 heteroatoms. The standard InChI is InChI=1S/C12H13N3O3/c13-8-9-1-2-11(7-12(9)15(16)17)14-10-3-5-18-6-4-10/h1-2,7,10,14H,3-6H2. The molecule has 0 saturated carbocycles. The van der Waals surface area contributed by atoms with Crippen molar-refractivity contribution in [3.05, 3.63) is 33.9 Å². The fourth-order valence-electron chi connectivity index (χ4n) is 1.94. The minimum Gasteiger partial charge on any atom is -0.382 e. The van der Waals surface area contributed by atoms with Crippen LogP contribution >= 0.6 is 0 Å². The second-order valence-electron chi connectivity index (χ2n) is 4.13. The van der Waals surface area contributed by atoms with Gasteiger partial charge in [-0.05, 0) is 25.0 Å². The second kappa shape index (κ2) is 5.47. The van der Waals surface area contributed by atoms with Crippen LogP contribution < -0.4 is 5.32 Å². The van der Waals surface area contributed by atoms with E-state index in [0.717, 1.165) is 12.8 Å². The van der Waals surface area contributed by atoms with Crippen molar-refractivity contribution in [2.75, 3.05) is 18.5 Å². The van der Waals surface area contributed by atoms with Gasteiger partial charge in [0.15, 0.2) is 0 Å². The van der Waals surface area contributed by atoms with Gasteiger partial charge < -0.3 is 10.1 Å². The molecule has 1 saturated heterocycles. The van der Waals surface area contributed by atoms with Gasteiger partial charge in [0.2, 0.25) is 0 Å². The molecule has 94 valence electrons. The van der Waals surface area contributed by atoms with Crippen LogP contribution in [0.2, 0.25) is 0 Å². The van der Waals surface area contributed by atoms with Crippen molar-refractivity contribution in [3.8, 4) is 6.07 Å². The fourth-order valence-corrected chi connectivity index (χ4v) is 1.94. The molecule has 1 fully saturated rings. The molecule has 1 heterocycles. The van der Waals surface area contributed by atoms with Crippen LogP contribution in [-0.2, 0) is 4.74 Å². The molecule has 0 unspecified atom stereocenters. The number of anilines is 1. The first-order valence-corrected chi connectivity index (χ1v) is 5.73. The van der Waals surface area contributed by atoms with E-state index in [0.29, 0.717) is 18.9 Å². The van der Waals surface area contributed by atoms with Gasteiger partial charge in [0.05, 0.1) is 4.92 Å². The highest BCUT2D eigenvalue weighted by atomic mass is 16.6. The van der Waals surface area contributed by atoms with Crippen LogP contribution in [0.4, 0.5) is 11.4 Å². The molecule has 2 rings (SSSR count). The van der Waals surface area contributed by atoms with Crippen molar-refractivity contribution in [1.29, 1.82) is 5.26 Å². The van der Waals surface area contributed by atoms with Crippen LogP contribution in [0.1, 0.15) is 18.4 Å². The number of rotatable bonds is 3. The smallest absolute Gasteiger partial charge is 0.289 e. The lowest BCUT2D eigenvalue weighted by molar-refractivity contribution is -0.385. The van der Waals surface area contributed by atoms with Crippen molar-refractivity contribution in [2.45, 2.75) is 18.9 Å². The molecule has 6 nitrogen and oxygen atoms in total. The quantitative estimate of drug-likeness (QED) is 0.652. The zero-order valence-electron chi connectivity index (χ0n) is 9.76. The van der Waals surface area contributed by atoms with Crippen LogP contribution in [-0.4, -0.2) is 24.2 Å². The number of nitro groups is 1. The molecule has 1 aromatic carbocycles. The Morgan fingerprint density at radius 2 is 2.17 bits per heavy atom. The number of ether oxygens (including phenoxy) is 1. The molecule has 1 aromatic rings. The number of hydrogen-bond donors (Lipinski definition) is 1. The molecule has 0 atom stereocenters. The summed E-state index contributed by atoms with van der Waals surface area (Å²) in [5.41, 5.74) is 0.597. The van der Waals surface area contributed by atoms with E-state index < -0.39 is 4.92 Å². The van der Waals surface area contributed by atoms with E-state index in [2.05, 4.69) is 5.32 Å². The van der Waals surface area contributed by atoms with Crippen LogP contribution in [0.25, 0.3) is 0 Å². The number of nitro benzene ring substituents is 1. The summed E-state index contributed by atoms with van der Waals surface area (Å²) < 4.78 is 5.24. The first kappa shape index (κ1) is 12.3. The maximum Gasteiger partial charge on any atom is 0.289 e. The molecule has 0 amide bonds. The summed E-state index contributed by atoms with van der Waals surface area (Å²) in [4.78, 5) is 10.3. The first-order chi connectivity index (χ1) is 8.70. The van der Waals surface area contributed by atoms with Gasteiger partial charge in [0.1, 0.15) is 11.6 Å². The summed E-state index contributed by atoms with van der Waals surface area (Å²) in [6.45, 7) is 1.41. The molecule has 1 aliphatic heterocycles. The Hall–Kier alpha value is -2.13. The molecule has 0 bridgehead atoms. The first-order valence-electron chi connectivity index (χ1n) is 5.73. The lowest BCUT2D eigenvalue weighted by Gasteiger charge is -2.24. The summed E-state index contributed by atoms with van der Waals surface area (Å²) in [6, 6.07) is 6.67. The summed E-state index contributed by atoms with van der Waals surface area (Å²) in [5.74, 6) is 0. The Bertz CT molecular complexity index is 490. The number of nitrogens with one attached hydrogen (secondary N) is 1. The molecule has 1 N–H and O–H groups in total. The third-order valence-electron chi connectivity index (χ3n) is 2.91. The molecule has 0 aromatic heterocycles. The fraction of sp³-hybridized carbons (Fsp3) is 0.417. The molecule has 0 spiro atoms. The van der Waals surface area contributed by atoms with E-state index in [1.54, 1.807) is 6.07 Å². The van der Waals surface area contributed by atoms with Crippen LogP contribution in [0, 0.1) is 21.4 Å². The Kier molecular flexibility index (Phi) is 3.75. The lowest BCUT2D eigenvalue weighted by Crippen LogP contribution is -2.27. The minimum atomic E-state index is -0.534. The minimum absolute atomic E-state index is 0.0810. The van der Waals surface area contributed by atoms with E-state index >= 15 is 0 Å². The SMILES string of the molecule is N#Cc1ccc(NC2CCOCC2)cc1[N+](=O)[O-]. The largest absolute Gasteiger partial charge is 0.382 e. The van der Waals surface area contributed by atoms with Gasteiger partial charge in [-0.15, -0.1) is 0 Å². The average molecular weight is 247 g/mol. The van der Waals surface area contributed by atoms with Gasteiger partial charge >= 0.3 is 0 Å². The van der Waals surface area contributed by atoms with Crippen LogP contribution in [0.3, 0.4) is 0 Å². The highest BCUT2D eigenvalue weighted by molar-refractivity contribution is 5.59. The van der Waals surface area contributed by atoms with Crippen molar-refractivity contribution >= 4 is 11.4 Å². The Morgan fingerprint density at radius 3 is 2.78 bits per heavy atom. The van der Waals surface area contributed by atoms with E-state index in [9.17, 15) is 10.1 Å². The third-order valence-corrected chi connectivity index (χ3v) is 2.91. The average Bonchev–Trinajstić information content (AvgIpc) is 2.40. The number of benzene rings is 1. The maximum atomic E-state index is 10.8. The third kappa shape index (κ3) is 2.76. The normalized spacial score (nSPS) is 15.9. The molecular formula is C12H13N3O3. The van der Waals surface area contributed by atoms with Gasteiger partial charge in [-0.2, -0.15) is 5.26 Å². The van der Waals surface area contributed by atoms with Crippen molar-refractivity contribution in [2.24, 2.45) is 0 Å². The van der Waals surface area contributed by atoms with Crippen LogP contribution in [0.15, 0.2) is 18.2 Å². The van der Waals surface area contributed by atoms with Crippen LogP contribution in [0.5, 0.6) is 0 Å². The summed E-state index contributed by atoms with van der Waals surface area (Å²) in [6.07, 6.45) is 1.77. The maximum absolute atomic E-state index is 10.8. The zero-order valence-corrected chi connectivity index (χ0v) is 9.76. The number of hydrogen-bond acceptors (Lipinski definition) is 5. The molecule has 0 radical (unpaired) electrons. The summed E-state index contributed by atoms with van der Waals surface area (Å²) >= 11 is 0.